The van der Waals surface area contributed by atoms with Crippen LogP contribution in [0.2, 0.25) is 10.0 Å². The molecule has 2 amide bonds. The van der Waals surface area contributed by atoms with E-state index < -0.39 is 0 Å². The molecule has 0 spiro atoms. The molecule has 8 rings (SSSR count). The summed E-state index contributed by atoms with van der Waals surface area (Å²) in [5.74, 6) is 1.30. The van der Waals surface area contributed by atoms with Crippen LogP contribution in [0, 0.1) is 23.7 Å². The molecule has 4 aromatic rings. The average Bonchev–Trinajstić information content (AvgIpc) is 3.32. The summed E-state index contributed by atoms with van der Waals surface area (Å²) in [5, 5.41) is 5.65. The second-order valence-corrected chi connectivity index (χ2v) is 17.9. The number of rotatable bonds is 11. The van der Waals surface area contributed by atoms with Gasteiger partial charge < -0.3 is 14.6 Å². The first-order chi connectivity index (χ1) is 30.2. The zero-order valence-corrected chi connectivity index (χ0v) is 37.3. The van der Waals surface area contributed by atoms with Crippen molar-refractivity contribution in [2.24, 2.45) is 28.8 Å². The van der Waals surface area contributed by atoms with Crippen LogP contribution in [-0.2, 0) is 27.5 Å². The molecule has 0 unspecified atom stereocenters. The summed E-state index contributed by atoms with van der Waals surface area (Å²) < 4.78 is 0. The molecule has 4 saturated heterocycles. The van der Waals surface area contributed by atoms with Crippen LogP contribution in [-0.4, -0.2) is 112 Å². The van der Waals surface area contributed by atoms with Crippen LogP contribution in [0.4, 0.5) is 0 Å². The number of piperidine rings is 4. The quantitative estimate of drug-likeness (QED) is 0.0841. The predicted molar refractivity (Wildman–Crippen MR) is 244 cm³/mol. The third-order valence-corrected chi connectivity index (χ3v) is 13.5. The number of halogens is 2. The number of likely N-dealkylation sites (tertiary alicyclic amines) is 4. The van der Waals surface area contributed by atoms with Crippen LogP contribution in [0.3, 0.4) is 0 Å². The number of carbonyl (C=O) groups is 3. The Labute approximate surface area is 376 Å². The molecule has 2 aromatic carbocycles. The van der Waals surface area contributed by atoms with Crippen molar-refractivity contribution in [3.8, 4) is 0 Å². The minimum atomic E-state index is -0.00237. The zero-order chi connectivity index (χ0) is 43.3. The fourth-order valence-electron chi connectivity index (χ4n) is 9.35. The molecule has 328 valence electrons. The van der Waals surface area contributed by atoms with Gasteiger partial charge in [-0.2, -0.15) is 0 Å². The second kappa shape index (κ2) is 22.6. The number of ketones is 1. The van der Waals surface area contributed by atoms with Gasteiger partial charge in [0, 0.05) is 103 Å². The number of aromatic nitrogens is 2. The van der Waals surface area contributed by atoms with Crippen LogP contribution >= 0.6 is 23.2 Å². The summed E-state index contributed by atoms with van der Waals surface area (Å²) in [6, 6.07) is 23.0. The van der Waals surface area contributed by atoms with Crippen LogP contribution in [0.15, 0.2) is 103 Å². The molecule has 4 aliphatic heterocycles. The molecule has 0 aliphatic carbocycles. The number of nitrogens with zero attached hydrogens (tertiary/aromatic N) is 7. The van der Waals surface area contributed by atoms with E-state index in [0.717, 1.165) is 115 Å². The summed E-state index contributed by atoms with van der Waals surface area (Å²) in [4.78, 5) is 61.1. The number of benzene rings is 2. The smallest absolute Gasteiger partial charge is 0.225 e. The number of oxime groups is 1. The minimum absolute atomic E-state index is 0.00237. The first-order valence-electron chi connectivity index (χ1n) is 22.2. The Morgan fingerprint density at radius 3 is 1.31 bits per heavy atom. The average molecular weight is 881 g/mol. The van der Waals surface area contributed by atoms with E-state index in [1.54, 1.807) is 31.4 Å². The highest BCUT2D eigenvalue weighted by molar-refractivity contribution is 6.31. The van der Waals surface area contributed by atoms with Gasteiger partial charge in [-0.1, -0.05) is 40.5 Å². The lowest BCUT2D eigenvalue weighted by molar-refractivity contribution is -0.139. The third kappa shape index (κ3) is 12.5. The van der Waals surface area contributed by atoms with E-state index in [0.29, 0.717) is 34.6 Å². The highest BCUT2D eigenvalue weighted by Gasteiger charge is 2.34. The topological polar surface area (TPSA) is 112 Å². The van der Waals surface area contributed by atoms with Crippen LogP contribution in [0.5, 0.6) is 0 Å². The fraction of sp³-hybridized carbons (Fsp3) is 0.469. The summed E-state index contributed by atoms with van der Waals surface area (Å²) in [6.45, 7) is 8.60. The maximum Gasteiger partial charge on any atom is 0.225 e. The van der Waals surface area contributed by atoms with Crippen LogP contribution in [0.25, 0.3) is 0 Å². The van der Waals surface area contributed by atoms with Gasteiger partial charge in [-0.15, -0.1) is 0 Å². The van der Waals surface area contributed by atoms with Crippen molar-refractivity contribution in [1.82, 2.24) is 29.6 Å². The fourth-order valence-corrected chi connectivity index (χ4v) is 9.60. The van der Waals surface area contributed by atoms with Crippen molar-refractivity contribution in [2.75, 3.05) is 59.5 Å². The molecule has 4 aliphatic rings. The molecule has 0 saturated carbocycles. The Hall–Kier alpha value is -4.68. The van der Waals surface area contributed by atoms with Crippen LogP contribution < -0.4 is 0 Å². The Bertz CT molecular complexity index is 2060. The van der Waals surface area contributed by atoms with Gasteiger partial charge in [0.2, 0.25) is 11.8 Å². The Balaban J connectivity index is 0.000000187. The summed E-state index contributed by atoms with van der Waals surface area (Å²) >= 11 is 12.0. The normalized spacial score (nSPS) is 19.1. The molecule has 4 fully saturated rings. The zero-order valence-electron chi connectivity index (χ0n) is 35.8. The molecule has 0 bridgehead atoms. The molecule has 13 heteroatoms. The van der Waals surface area contributed by atoms with Crippen molar-refractivity contribution >= 4 is 46.5 Å². The Morgan fingerprint density at radius 1 is 0.532 bits per heavy atom. The minimum Gasteiger partial charge on any atom is -0.399 e. The second-order valence-electron chi connectivity index (χ2n) is 17.0. The monoisotopic (exact) mass is 879 g/mol. The molecule has 11 nitrogen and oxygen atoms in total. The Morgan fingerprint density at radius 2 is 0.903 bits per heavy atom. The molecule has 0 radical (unpaired) electrons. The van der Waals surface area contributed by atoms with Crippen molar-refractivity contribution in [2.45, 2.75) is 64.5 Å². The largest absolute Gasteiger partial charge is 0.399 e. The van der Waals surface area contributed by atoms with E-state index in [1.165, 1.54) is 11.1 Å². The van der Waals surface area contributed by atoms with E-state index in [9.17, 15) is 14.4 Å². The van der Waals surface area contributed by atoms with Crippen molar-refractivity contribution in [1.29, 1.82) is 0 Å². The lowest BCUT2D eigenvalue weighted by Gasteiger charge is -2.37. The number of amides is 2. The lowest BCUT2D eigenvalue weighted by Crippen LogP contribution is -2.46. The number of pyridine rings is 2. The lowest BCUT2D eigenvalue weighted by atomic mass is 9.87. The predicted octanol–water partition coefficient (Wildman–Crippen LogP) is 8.30. The van der Waals surface area contributed by atoms with Gasteiger partial charge in [-0.3, -0.25) is 34.2 Å². The highest BCUT2D eigenvalue weighted by atomic mass is 35.5. The molecular formula is C49H59Cl2N7O4. The number of carbonyl (C=O) groups excluding carboxylic acids is 3. The van der Waals surface area contributed by atoms with Gasteiger partial charge in [0.15, 0.2) is 5.78 Å². The van der Waals surface area contributed by atoms with E-state index >= 15 is 0 Å². The van der Waals surface area contributed by atoms with Gasteiger partial charge in [0.05, 0.1) is 5.71 Å². The van der Waals surface area contributed by atoms with Gasteiger partial charge in [-0.05, 0) is 155 Å². The van der Waals surface area contributed by atoms with Gasteiger partial charge in [-0.25, -0.2) is 0 Å². The van der Waals surface area contributed by atoms with E-state index in [4.69, 9.17) is 28.0 Å². The summed E-state index contributed by atoms with van der Waals surface area (Å²) in [6.07, 6.45) is 14.3. The van der Waals surface area contributed by atoms with Gasteiger partial charge >= 0.3 is 0 Å². The van der Waals surface area contributed by atoms with E-state index in [-0.39, 0.29) is 35.4 Å². The maximum absolute atomic E-state index is 13.2. The summed E-state index contributed by atoms with van der Waals surface area (Å²) in [5.41, 5.74) is 5.23. The SMILES string of the molecule is CON=C(c1ccc(Cl)cc1)C1CCN(C(=O)C2CCN(Cc3ccncc3)CC2)CC1.O=C(c1ccc(Cl)cc1)C1CCN(C(=O)C2CCN(Cc3ccncc3)CC2)CC1. The number of Topliss-reactive ketones (excluding diaryl/α,β-unsaturated/α-hetero) is 1. The molecule has 62 heavy (non-hydrogen) atoms. The Kier molecular flexibility index (Phi) is 16.5. The van der Waals surface area contributed by atoms with E-state index in [2.05, 4.69) is 42.0 Å². The molecule has 6 heterocycles. The number of hydrogen-bond donors (Lipinski definition) is 0. The van der Waals surface area contributed by atoms with Crippen LogP contribution in [0.1, 0.15) is 78.4 Å². The molecular weight excluding hydrogens is 821 g/mol. The van der Waals surface area contributed by atoms with E-state index in [1.807, 2.05) is 66.1 Å². The van der Waals surface area contributed by atoms with Gasteiger partial charge in [0.1, 0.15) is 7.11 Å². The number of hydrogen-bond acceptors (Lipinski definition) is 9. The third-order valence-electron chi connectivity index (χ3n) is 13.0. The first-order valence-corrected chi connectivity index (χ1v) is 23.0. The molecule has 2 aromatic heterocycles. The van der Waals surface area contributed by atoms with Crippen molar-refractivity contribution in [3.05, 3.63) is 130 Å². The summed E-state index contributed by atoms with van der Waals surface area (Å²) in [7, 11) is 1.58. The molecule has 0 atom stereocenters. The van der Waals surface area contributed by atoms with Crippen molar-refractivity contribution < 1.29 is 19.2 Å². The standard InChI is InChI=1S/C25H31ClN4O2.C24H28ClN3O2/c1-32-28-24(20-2-4-23(26)5-3-20)21-10-16-30(17-11-21)25(31)22-8-14-29(15-9-22)18-19-6-12-27-13-7-19;25-22-3-1-19(2-4-22)23(29)20-9-15-28(16-10-20)24(30)21-7-13-27(14-8-21)17-18-5-11-26-12-6-18/h2-7,12-13,21-22H,8-11,14-18H2,1H3;1-6,11-12,20-21H,7-10,13-17H2. The maximum atomic E-state index is 13.2. The highest BCUT2D eigenvalue weighted by Crippen LogP contribution is 2.29. The molecule has 0 N–H and O–H groups in total. The first kappa shape index (κ1) is 45.3. The van der Waals surface area contributed by atoms with Crippen molar-refractivity contribution in [3.63, 3.8) is 0 Å². The van der Waals surface area contributed by atoms with Gasteiger partial charge in [0.25, 0.3) is 0 Å².